The summed E-state index contributed by atoms with van der Waals surface area (Å²) < 4.78 is 27.2. The lowest BCUT2D eigenvalue weighted by molar-refractivity contribution is 0.0900. The largest absolute Gasteiger partial charge is 0.349 e. The number of benzene rings is 2. The van der Waals surface area contributed by atoms with E-state index in [0.717, 1.165) is 56.7 Å². The molecule has 1 fully saturated rings. The third kappa shape index (κ3) is 5.86. The average Bonchev–Trinajstić information content (AvgIpc) is 2.71. The van der Waals surface area contributed by atoms with Gasteiger partial charge in [-0.3, -0.25) is 4.79 Å². The number of halogens is 2. The number of hydrogen-bond acceptors (Lipinski definition) is 2. The number of nitrogens with one attached hydrogen (secondary N) is 1. The van der Waals surface area contributed by atoms with E-state index >= 15 is 0 Å². The van der Waals surface area contributed by atoms with Crippen molar-refractivity contribution >= 4 is 5.91 Å². The molecular weight excluding hydrogens is 370 g/mol. The highest BCUT2D eigenvalue weighted by Gasteiger charge is 2.29. The zero-order valence-electron chi connectivity index (χ0n) is 17.2. The molecule has 3 nitrogen and oxygen atoms in total. The van der Waals surface area contributed by atoms with Crippen LogP contribution in [0.25, 0.3) is 0 Å². The molecule has 5 heteroatoms. The van der Waals surface area contributed by atoms with Crippen LogP contribution in [0.15, 0.2) is 48.5 Å². The summed E-state index contributed by atoms with van der Waals surface area (Å²) >= 11 is 0. The molecule has 0 radical (unpaired) electrons. The van der Waals surface area contributed by atoms with Gasteiger partial charge in [-0.25, -0.2) is 8.78 Å². The van der Waals surface area contributed by atoms with Crippen molar-refractivity contribution in [2.45, 2.75) is 50.6 Å². The predicted molar refractivity (Wildman–Crippen MR) is 112 cm³/mol. The van der Waals surface area contributed by atoms with Crippen molar-refractivity contribution in [3.05, 3.63) is 71.3 Å². The maximum atomic E-state index is 13.8. The molecule has 1 saturated carbocycles. The second-order valence-corrected chi connectivity index (χ2v) is 8.26. The molecule has 1 unspecified atom stereocenters. The standard InChI is InChI=1S/C24H30F2N2O/c1-28(2)23(15-8-17-6-4-3-5-7-17)18-9-12-20(13-10-18)27-24(29)21-16-19(25)11-14-22(21)26/h3-7,11,14,16,18,20,23H,8-10,12-13,15H2,1-2H3,(H,27,29). The van der Waals surface area contributed by atoms with Gasteiger partial charge in [0, 0.05) is 12.1 Å². The van der Waals surface area contributed by atoms with Gasteiger partial charge in [0.2, 0.25) is 0 Å². The number of amides is 1. The zero-order valence-corrected chi connectivity index (χ0v) is 17.2. The lowest BCUT2D eigenvalue weighted by atomic mass is 9.79. The minimum Gasteiger partial charge on any atom is -0.349 e. The van der Waals surface area contributed by atoms with Crippen LogP contribution >= 0.6 is 0 Å². The fraction of sp³-hybridized carbons (Fsp3) is 0.458. The molecule has 29 heavy (non-hydrogen) atoms. The third-order valence-corrected chi connectivity index (χ3v) is 6.06. The number of nitrogens with zero attached hydrogens (tertiary/aromatic N) is 1. The second-order valence-electron chi connectivity index (χ2n) is 8.26. The van der Waals surface area contributed by atoms with Crippen LogP contribution in [0, 0.1) is 17.6 Å². The van der Waals surface area contributed by atoms with Gasteiger partial charge in [0.1, 0.15) is 11.6 Å². The first-order chi connectivity index (χ1) is 13.9. The third-order valence-electron chi connectivity index (χ3n) is 6.06. The fourth-order valence-corrected chi connectivity index (χ4v) is 4.46. The minimum absolute atomic E-state index is 0.0124. The highest BCUT2D eigenvalue weighted by Crippen LogP contribution is 2.31. The zero-order chi connectivity index (χ0) is 20.8. The second kappa shape index (κ2) is 9.97. The van der Waals surface area contributed by atoms with Crippen LogP contribution in [0.2, 0.25) is 0 Å². The van der Waals surface area contributed by atoms with Crippen LogP contribution in [-0.2, 0) is 6.42 Å². The Balaban J connectivity index is 1.52. The maximum Gasteiger partial charge on any atom is 0.254 e. The maximum absolute atomic E-state index is 13.8. The van der Waals surface area contributed by atoms with Gasteiger partial charge >= 0.3 is 0 Å². The Morgan fingerprint density at radius 1 is 1.07 bits per heavy atom. The summed E-state index contributed by atoms with van der Waals surface area (Å²) in [6.45, 7) is 0. The topological polar surface area (TPSA) is 32.3 Å². The van der Waals surface area contributed by atoms with Crippen LogP contribution in [0.3, 0.4) is 0 Å². The van der Waals surface area contributed by atoms with Gasteiger partial charge in [-0.2, -0.15) is 0 Å². The number of hydrogen-bond donors (Lipinski definition) is 1. The summed E-state index contributed by atoms with van der Waals surface area (Å²) in [4.78, 5) is 14.7. The summed E-state index contributed by atoms with van der Waals surface area (Å²) in [6, 6.07) is 14.0. The quantitative estimate of drug-likeness (QED) is 0.723. The van der Waals surface area contributed by atoms with Gasteiger partial charge < -0.3 is 10.2 Å². The molecule has 0 saturated heterocycles. The molecule has 1 aliphatic rings. The van der Waals surface area contributed by atoms with E-state index in [2.05, 4.69) is 48.6 Å². The van der Waals surface area contributed by atoms with E-state index in [1.165, 1.54) is 5.56 Å². The van der Waals surface area contributed by atoms with E-state index in [1.54, 1.807) is 0 Å². The highest BCUT2D eigenvalue weighted by molar-refractivity contribution is 5.94. The van der Waals surface area contributed by atoms with Crippen molar-refractivity contribution in [2.75, 3.05) is 14.1 Å². The molecule has 0 bridgehead atoms. The van der Waals surface area contributed by atoms with Crippen molar-refractivity contribution in [1.29, 1.82) is 0 Å². The van der Waals surface area contributed by atoms with E-state index in [1.807, 2.05) is 6.07 Å². The molecule has 0 aromatic heterocycles. The highest BCUT2D eigenvalue weighted by atomic mass is 19.1. The van der Waals surface area contributed by atoms with Gasteiger partial charge in [0.15, 0.2) is 0 Å². The van der Waals surface area contributed by atoms with Gasteiger partial charge in [0.25, 0.3) is 5.91 Å². The molecule has 0 aliphatic heterocycles. The average molecular weight is 401 g/mol. The van der Waals surface area contributed by atoms with E-state index in [0.29, 0.717) is 12.0 Å². The van der Waals surface area contributed by atoms with Crippen LogP contribution in [0.4, 0.5) is 8.78 Å². The number of carbonyl (C=O) groups is 1. The lowest BCUT2D eigenvalue weighted by Crippen LogP contribution is -2.43. The lowest BCUT2D eigenvalue weighted by Gasteiger charge is -2.37. The molecule has 1 aliphatic carbocycles. The predicted octanol–water partition coefficient (Wildman–Crippen LogP) is 4.82. The summed E-state index contributed by atoms with van der Waals surface area (Å²) in [5.74, 6) is -1.25. The Labute approximate surface area is 172 Å². The van der Waals surface area contributed by atoms with E-state index in [-0.39, 0.29) is 11.6 Å². The minimum atomic E-state index is -0.689. The van der Waals surface area contributed by atoms with Crippen LogP contribution in [0.1, 0.15) is 48.0 Å². The van der Waals surface area contributed by atoms with Crippen LogP contribution in [-0.4, -0.2) is 37.0 Å². The van der Waals surface area contributed by atoms with E-state index < -0.39 is 17.5 Å². The molecule has 3 rings (SSSR count). The number of aryl methyl sites for hydroxylation is 1. The smallest absolute Gasteiger partial charge is 0.254 e. The number of rotatable bonds is 7. The van der Waals surface area contributed by atoms with Gasteiger partial charge in [-0.15, -0.1) is 0 Å². The van der Waals surface area contributed by atoms with Gasteiger partial charge in [0.05, 0.1) is 5.56 Å². The first-order valence-corrected chi connectivity index (χ1v) is 10.4. The first kappa shape index (κ1) is 21.4. The molecule has 2 aromatic carbocycles. The fourth-order valence-electron chi connectivity index (χ4n) is 4.46. The molecule has 2 aromatic rings. The van der Waals surface area contributed by atoms with Crippen LogP contribution in [0.5, 0.6) is 0 Å². The Hall–Kier alpha value is -2.27. The summed E-state index contributed by atoms with van der Waals surface area (Å²) in [5, 5.41) is 2.89. The molecular formula is C24H30F2N2O. The Morgan fingerprint density at radius 3 is 2.41 bits per heavy atom. The van der Waals surface area contributed by atoms with Crippen molar-refractivity contribution in [3.63, 3.8) is 0 Å². The van der Waals surface area contributed by atoms with Crippen molar-refractivity contribution in [2.24, 2.45) is 5.92 Å². The molecule has 1 amide bonds. The van der Waals surface area contributed by atoms with Crippen molar-refractivity contribution in [3.8, 4) is 0 Å². The molecule has 1 atom stereocenters. The normalized spacial score (nSPS) is 20.4. The monoisotopic (exact) mass is 400 g/mol. The summed E-state index contributed by atoms with van der Waals surface area (Å²) in [5.41, 5.74) is 1.14. The summed E-state index contributed by atoms with van der Waals surface area (Å²) in [7, 11) is 4.27. The molecule has 156 valence electrons. The van der Waals surface area contributed by atoms with Crippen molar-refractivity contribution < 1.29 is 13.6 Å². The van der Waals surface area contributed by atoms with Gasteiger partial charge in [-0.05, 0) is 82.3 Å². The van der Waals surface area contributed by atoms with E-state index in [4.69, 9.17) is 0 Å². The molecule has 0 spiro atoms. The summed E-state index contributed by atoms with van der Waals surface area (Å²) in [6.07, 6.45) is 5.93. The van der Waals surface area contributed by atoms with Crippen molar-refractivity contribution in [1.82, 2.24) is 10.2 Å². The number of carbonyl (C=O) groups excluding carboxylic acids is 1. The van der Waals surface area contributed by atoms with E-state index in [9.17, 15) is 13.6 Å². The van der Waals surface area contributed by atoms with Crippen LogP contribution < -0.4 is 5.32 Å². The SMILES string of the molecule is CN(C)C(CCc1ccccc1)C1CCC(NC(=O)c2cc(F)ccc2F)CC1. The Bertz CT molecular complexity index is 802. The molecule has 1 N–H and O–H groups in total. The van der Waals surface area contributed by atoms with Gasteiger partial charge in [-0.1, -0.05) is 30.3 Å². The first-order valence-electron chi connectivity index (χ1n) is 10.4. The molecule has 0 heterocycles. The Morgan fingerprint density at radius 2 is 1.76 bits per heavy atom. The Kier molecular flexibility index (Phi) is 7.37.